The molecule has 1 saturated heterocycles. The van der Waals surface area contributed by atoms with Crippen LogP contribution in [-0.2, 0) is 21.5 Å². The van der Waals surface area contributed by atoms with Crippen LogP contribution >= 0.6 is 0 Å². The van der Waals surface area contributed by atoms with Crippen LogP contribution in [0.4, 0.5) is 0 Å². The van der Waals surface area contributed by atoms with E-state index in [1.807, 2.05) is 0 Å². The summed E-state index contributed by atoms with van der Waals surface area (Å²) in [6.07, 6.45) is 3.89. The van der Waals surface area contributed by atoms with Crippen molar-refractivity contribution in [2.24, 2.45) is 0 Å². The number of carbonyl (C=O) groups excluding carboxylic acids is 1. The summed E-state index contributed by atoms with van der Waals surface area (Å²) in [5, 5.41) is 0. The number of benzene rings is 1. The molecule has 2 rings (SSSR count). The van der Waals surface area contributed by atoms with Gasteiger partial charge in [-0.15, -0.1) is 0 Å². The lowest BCUT2D eigenvalue weighted by Gasteiger charge is -2.20. The molecule has 24 heavy (non-hydrogen) atoms. The largest absolute Gasteiger partial charge is 0.496 e. The first-order valence-corrected chi connectivity index (χ1v) is 9.42. The molecule has 0 unspecified atom stereocenters. The first kappa shape index (κ1) is 18.7. The third-order valence-electron chi connectivity index (χ3n) is 4.03. The fourth-order valence-electron chi connectivity index (χ4n) is 2.68. The number of nitrogens with zero attached hydrogens (tertiary/aromatic N) is 1. The van der Waals surface area contributed by atoms with E-state index in [0.717, 1.165) is 25.7 Å². The highest BCUT2D eigenvalue weighted by molar-refractivity contribution is 7.87. The van der Waals surface area contributed by atoms with Crippen LogP contribution in [-0.4, -0.2) is 46.0 Å². The highest BCUT2D eigenvalue weighted by Gasteiger charge is 2.22. The predicted molar refractivity (Wildman–Crippen MR) is 90.1 cm³/mol. The number of hydrogen-bond acceptors (Lipinski definition) is 5. The maximum Gasteiger partial charge on any atom is 0.341 e. The summed E-state index contributed by atoms with van der Waals surface area (Å²) in [7, 11) is -0.773. The fraction of sp³-hybridized carbons (Fsp3) is 0.562. The lowest BCUT2D eigenvalue weighted by molar-refractivity contribution is 0.0597. The summed E-state index contributed by atoms with van der Waals surface area (Å²) < 4.78 is 38.8. The van der Waals surface area contributed by atoms with Gasteiger partial charge in [-0.25, -0.2) is 4.79 Å². The van der Waals surface area contributed by atoms with Gasteiger partial charge < -0.3 is 9.47 Å². The molecule has 1 N–H and O–H groups in total. The van der Waals surface area contributed by atoms with Crippen molar-refractivity contribution in [2.45, 2.75) is 32.2 Å². The van der Waals surface area contributed by atoms with Gasteiger partial charge in [0.1, 0.15) is 11.3 Å². The Labute approximate surface area is 143 Å². The molecule has 1 aromatic rings. The first-order chi connectivity index (χ1) is 11.5. The van der Waals surface area contributed by atoms with E-state index < -0.39 is 16.2 Å². The molecule has 1 fully saturated rings. The van der Waals surface area contributed by atoms with Gasteiger partial charge in [-0.2, -0.15) is 17.4 Å². The second-order valence-electron chi connectivity index (χ2n) is 5.67. The van der Waals surface area contributed by atoms with Gasteiger partial charge in [-0.3, -0.25) is 0 Å². The van der Waals surface area contributed by atoms with E-state index in [9.17, 15) is 13.2 Å². The Hall–Kier alpha value is -1.64. The second-order valence-corrected chi connectivity index (χ2v) is 7.42. The zero-order chi connectivity index (χ0) is 17.6. The minimum atomic E-state index is -3.52. The van der Waals surface area contributed by atoms with E-state index in [2.05, 4.69) is 4.72 Å². The van der Waals surface area contributed by atoms with Crippen molar-refractivity contribution >= 4 is 16.2 Å². The molecular formula is C16H24N2O5S. The van der Waals surface area contributed by atoms with Crippen molar-refractivity contribution in [1.29, 1.82) is 0 Å². The molecule has 0 bridgehead atoms. The summed E-state index contributed by atoms with van der Waals surface area (Å²) in [5.74, 6) is -0.134. The Morgan fingerprint density at radius 3 is 2.42 bits per heavy atom. The highest BCUT2D eigenvalue weighted by Crippen LogP contribution is 2.21. The average molecular weight is 356 g/mol. The molecule has 1 aromatic carbocycles. The maximum atomic E-state index is 12.4. The van der Waals surface area contributed by atoms with E-state index in [0.29, 0.717) is 24.4 Å². The zero-order valence-electron chi connectivity index (χ0n) is 14.1. The molecule has 1 aliphatic rings. The Kier molecular flexibility index (Phi) is 6.59. The lowest BCUT2D eigenvalue weighted by atomic mass is 10.1. The van der Waals surface area contributed by atoms with E-state index in [4.69, 9.17) is 9.47 Å². The molecule has 0 saturated carbocycles. The number of nitrogens with one attached hydrogen (secondary N) is 1. The number of esters is 1. The quantitative estimate of drug-likeness (QED) is 0.784. The molecule has 0 radical (unpaired) electrons. The molecule has 8 heteroatoms. The van der Waals surface area contributed by atoms with E-state index in [1.54, 1.807) is 18.2 Å². The van der Waals surface area contributed by atoms with Crippen LogP contribution in [0.25, 0.3) is 0 Å². The van der Waals surface area contributed by atoms with Crippen LogP contribution in [0.2, 0.25) is 0 Å². The number of carbonyl (C=O) groups is 1. The minimum absolute atomic E-state index is 0.104. The summed E-state index contributed by atoms with van der Waals surface area (Å²) in [4.78, 5) is 11.8. The monoisotopic (exact) mass is 356 g/mol. The highest BCUT2D eigenvalue weighted by atomic mass is 32.2. The van der Waals surface area contributed by atoms with Crippen molar-refractivity contribution in [3.8, 4) is 5.75 Å². The SMILES string of the molecule is COC(=O)c1cc(CNS(=O)(=O)N2CCCCCC2)ccc1OC. The van der Waals surface area contributed by atoms with Crippen molar-refractivity contribution in [1.82, 2.24) is 9.03 Å². The zero-order valence-corrected chi connectivity index (χ0v) is 14.9. The van der Waals surface area contributed by atoms with E-state index in [1.165, 1.54) is 18.5 Å². The Bertz CT molecular complexity index is 667. The molecule has 7 nitrogen and oxygen atoms in total. The van der Waals surface area contributed by atoms with Crippen LogP contribution in [0.15, 0.2) is 18.2 Å². The maximum absolute atomic E-state index is 12.4. The van der Waals surface area contributed by atoms with Gasteiger partial charge in [0, 0.05) is 19.6 Å². The third kappa shape index (κ3) is 4.68. The number of ether oxygens (including phenoxy) is 2. The summed E-state index contributed by atoms with van der Waals surface area (Å²) in [5.41, 5.74) is 0.932. The number of methoxy groups -OCH3 is 2. The summed E-state index contributed by atoms with van der Waals surface area (Å²) in [6, 6.07) is 4.92. The minimum Gasteiger partial charge on any atom is -0.496 e. The van der Waals surface area contributed by atoms with E-state index in [-0.39, 0.29) is 12.1 Å². The molecule has 0 aliphatic carbocycles. The van der Waals surface area contributed by atoms with Gasteiger partial charge in [-0.1, -0.05) is 18.9 Å². The Morgan fingerprint density at radius 1 is 1.17 bits per heavy atom. The summed E-state index contributed by atoms with van der Waals surface area (Å²) in [6.45, 7) is 1.20. The lowest BCUT2D eigenvalue weighted by Crippen LogP contribution is -2.40. The molecule has 1 aliphatic heterocycles. The van der Waals surface area contributed by atoms with Crippen LogP contribution in [0, 0.1) is 0 Å². The smallest absolute Gasteiger partial charge is 0.341 e. The van der Waals surface area contributed by atoms with Crippen LogP contribution in [0.3, 0.4) is 0 Å². The average Bonchev–Trinajstić information content (AvgIpc) is 2.89. The standard InChI is InChI=1S/C16H24N2O5S/c1-22-15-8-7-13(11-14(15)16(19)23-2)12-17-24(20,21)18-9-5-3-4-6-10-18/h7-8,11,17H,3-6,9-10,12H2,1-2H3. The van der Waals surface area contributed by atoms with Gasteiger partial charge in [0.25, 0.3) is 10.2 Å². The van der Waals surface area contributed by atoms with E-state index >= 15 is 0 Å². The molecule has 0 atom stereocenters. The van der Waals surface area contributed by atoms with Crippen molar-refractivity contribution in [3.05, 3.63) is 29.3 Å². The third-order valence-corrected chi connectivity index (χ3v) is 5.59. The molecular weight excluding hydrogens is 332 g/mol. The van der Waals surface area contributed by atoms with Crippen LogP contribution < -0.4 is 9.46 Å². The fourth-order valence-corrected chi connectivity index (χ4v) is 3.95. The Morgan fingerprint density at radius 2 is 1.83 bits per heavy atom. The Balaban J connectivity index is 2.09. The first-order valence-electron chi connectivity index (χ1n) is 7.98. The van der Waals surface area contributed by atoms with Gasteiger partial charge in [0.15, 0.2) is 0 Å². The number of rotatable bonds is 6. The molecule has 0 spiro atoms. The van der Waals surface area contributed by atoms with Gasteiger partial charge >= 0.3 is 5.97 Å². The number of hydrogen-bond donors (Lipinski definition) is 1. The topological polar surface area (TPSA) is 84.9 Å². The van der Waals surface area contributed by atoms with Crippen molar-refractivity contribution in [2.75, 3.05) is 27.3 Å². The molecule has 134 valence electrons. The van der Waals surface area contributed by atoms with Gasteiger partial charge in [0.2, 0.25) is 0 Å². The molecule has 0 amide bonds. The van der Waals surface area contributed by atoms with Crippen molar-refractivity contribution < 1.29 is 22.7 Å². The molecule has 1 heterocycles. The van der Waals surface area contributed by atoms with Gasteiger partial charge in [-0.05, 0) is 30.5 Å². The van der Waals surface area contributed by atoms with Crippen molar-refractivity contribution in [3.63, 3.8) is 0 Å². The predicted octanol–water partition coefficient (Wildman–Crippen LogP) is 1.69. The van der Waals surface area contributed by atoms with Gasteiger partial charge in [0.05, 0.1) is 14.2 Å². The van der Waals surface area contributed by atoms with Crippen LogP contribution in [0.1, 0.15) is 41.6 Å². The molecule has 0 aromatic heterocycles. The van der Waals surface area contributed by atoms with Crippen LogP contribution in [0.5, 0.6) is 5.75 Å². The summed E-state index contributed by atoms with van der Waals surface area (Å²) >= 11 is 0. The second kappa shape index (κ2) is 8.46. The normalized spacial score (nSPS) is 16.4.